The second-order valence-electron chi connectivity index (χ2n) is 6.71. The van der Waals surface area contributed by atoms with Crippen LogP contribution >= 0.6 is 35.0 Å². The first-order valence-corrected chi connectivity index (χ1v) is 11.3. The molecule has 156 valence electrons. The number of rotatable bonds is 10. The van der Waals surface area contributed by atoms with Crippen LogP contribution in [0.2, 0.25) is 10.0 Å². The van der Waals surface area contributed by atoms with E-state index in [-0.39, 0.29) is 17.6 Å². The number of halogens is 2. The second kappa shape index (κ2) is 12.1. The van der Waals surface area contributed by atoms with Crippen LogP contribution in [0, 0.1) is 0 Å². The van der Waals surface area contributed by atoms with E-state index in [4.69, 9.17) is 23.2 Å². The van der Waals surface area contributed by atoms with Crippen molar-refractivity contribution in [3.05, 3.63) is 64.1 Å². The molecule has 1 N–H and O–H groups in total. The zero-order valence-corrected chi connectivity index (χ0v) is 19.0. The maximum absolute atomic E-state index is 13.0. The number of hydrogen-bond donors (Lipinski definition) is 1. The van der Waals surface area contributed by atoms with Gasteiger partial charge in [-0.2, -0.15) is 0 Å². The standard InChI is InChI=1S/C22H26Cl2N2O2S/c1-3-4-13-25-22(28)16(2)26(14-17-5-7-18(23)8-6-17)21(27)15-29-20-11-9-19(24)10-12-20/h5-12,16H,3-4,13-15H2,1-2H3,(H,25,28)/t16-/m0/s1. The molecule has 0 aliphatic heterocycles. The molecule has 4 nitrogen and oxygen atoms in total. The minimum Gasteiger partial charge on any atom is -0.354 e. The third kappa shape index (κ3) is 7.92. The molecule has 0 fully saturated rings. The lowest BCUT2D eigenvalue weighted by molar-refractivity contribution is -0.138. The molecule has 0 saturated carbocycles. The van der Waals surface area contributed by atoms with E-state index in [1.807, 2.05) is 24.3 Å². The van der Waals surface area contributed by atoms with Crippen molar-refractivity contribution in [1.29, 1.82) is 0 Å². The smallest absolute Gasteiger partial charge is 0.242 e. The number of unbranched alkanes of at least 4 members (excludes halogenated alkanes) is 1. The summed E-state index contributed by atoms with van der Waals surface area (Å²) in [5.74, 6) is -0.00257. The highest BCUT2D eigenvalue weighted by Gasteiger charge is 2.26. The Hall–Kier alpha value is -1.69. The van der Waals surface area contributed by atoms with E-state index in [2.05, 4.69) is 12.2 Å². The first-order valence-electron chi connectivity index (χ1n) is 9.60. The first-order chi connectivity index (χ1) is 13.9. The summed E-state index contributed by atoms with van der Waals surface area (Å²) in [5, 5.41) is 4.21. The molecule has 7 heteroatoms. The van der Waals surface area contributed by atoms with Crippen molar-refractivity contribution in [2.24, 2.45) is 0 Å². The molecular formula is C22H26Cl2N2O2S. The summed E-state index contributed by atoms with van der Waals surface area (Å²) in [6.07, 6.45) is 1.91. The van der Waals surface area contributed by atoms with Gasteiger partial charge in [-0.3, -0.25) is 9.59 Å². The highest BCUT2D eigenvalue weighted by molar-refractivity contribution is 8.00. The lowest BCUT2D eigenvalue weighted by atomic mass is 10.1. The number of hydrogen-bond acceptors (Lipinski definition) is 3. The predicted molar refractivity (Wildman–Crippen MR) is 122 cm³/mol. The minimum atomic E-state index is -0.569. The Morgan fingerprint density at radius 3 is 2.21 bits per heavy atom. The molecule has 0 aromatic heterocycles. The molecule has 0 heterocycles. The minimum absolute atomic E-state index is 0.0990. The van der Waals surface area contributed by atoms with Gasteiger partial charge in [-0.25, -0.2) is 0 Å². The Balaban J connectivity index is 2.08. The van der Waals surface area contributed by atoms with Crippen molar-refractivity contribution in [2.75, 3.05) is 12.3 Å². The monoisotopic (exact) mass is 452 g/mol. The quantitative estimate of drug-likeness (QED) is 0.386. The molecule has 0 unspecified atom stereocenters. The molecule has 0 aliphatic rings. The largest absolute Gasteiger partial charge is 0.354 e. The molecule has 0 saturated heterocycles. The van der Waals surface area contributed by atoms with Crippen molar-refractivity contribution < 1.29 is 9.59 Å². The summed E-state index contributed by atoms with van der Waals surface area (Å²) in [6.45, 7) is 4.80. The van der Waals surface area contributed by atoms with Crippen LogP contribution in [-0.2, 0) is 16.1 Å². The van der Waals surface area contributed by atoms with Crippen LogP contribution in [-0.4, -0.2) is 35.1 Å². The number of nitrogens with one attached hydrogen (secondary N) is 1. The number of amides is 2. The van der Waals surface area contributed by atoms with E-state index in [1.54, 1.807) is 36.1 Å². The number of nitrogens with zero attached hydrogens (tertiary/aromatic N) is 1. The normalized spacial score (nSPS) is 11.7. The van der Waals surface area contributed by atoms with Crippen molar-refractivity contribution in [3.8, 4) is 0 Å². The summed E-state index contributed by atoms with van der Waals surface area (Å²) in [7, 11) is 0. The zero-order chi connectivity index (χ0) is 21.2. The molecule has 0 aliphatic carbocycles. The highest BCUT2D eigenvalue weighted by atomic mass is 35.5. The molecule has 1 atom stereocenters. The number of carbonyl (C=O) groups excluding carboxylic acids is 2. The van der Waals surface area contributed by atoms with Gasteiger partial charge in [-0.05, 0) is 55.3 Å². The van der Waals surface area contributed by atoms with Crippen LogP contribution in [0.25, 0.3) is 0 Å². The van der Waals surface area contributed by atoms with Crippen LogP contribution < -0.4 is 5.32 Å². The van der Waals surface area contributed by atoms with E-state index in [1.165, 1.54) is 11.8 Å². The molecule has 0 bridgehead atoms. The molecule has 2 aromatic rings. The van der Waals surface area contributed by atoms with E-state index in [9.17, 15) is 9.59 Å². The van der Waals surface area contributed by atoms with E-state index >= 15 is 0 Å². The van der Waals surface area contributed by atoms with Crippen LogP contribution in [0.4, 0.5) is 0 Å². The first kappa shape index (κ1) is 23.6. The van der Waals surface area contributed by atoms with Crippen LogP contribution in [0.5, 0.6) is 0 Å². The molecule has 2 amide bonds. The summed E-state index contributed by atoms with van der Waals surface area (Å²) < 4.78 is 0. The average Bonchev–Trinajstić information content (AvgIpc) is 2.72. The van der Waals surface area contributed by atoms with E-state index < -0.39 is 6.04 Å². The Morgan fingerprint density at radius 1 is 1.03 bits per heavy atom. The van der Waals surface area contributed by atoms with Gasteiger partial charge in [0.1, 0.15) is 6.04 Å². The van der Waals surface area contributed by atoms with E-state index in [0.717, 1.165) is 23.3 Å². The summed E-state index contributed by atoms with van der Waals surface area (Å²) in [5.41, 5.74) is 0.924. The number of carbonyl (C=O) groups is 2. The van der Waals surface area contributed by atoms with Crippen molar-refractivity contribution >= 4 is 46.8 Å². The lowest BCUT2D eigenvalue weighted by Crippen LogP contribution is -2.48. The Labute approximate surface area is 187 Å². The summed E-state index contributed by atoms with van der Waals surface area (Å²) in [6, 6.07) is 14.1. The third-order valence-electron chi connectivity index (χ3n) is 4.44. The molecule has 0 spiro atoms. The fourth-order valence-electron chi connectivity index (χ4n) is 2.66. The Kier molecular flexibility index (Phi) is 9.85. The van der Waals surface area contributed by atoms with Gasteiger partial charge >= 0.3 is 0 Å². The maximum atomic E-state index is 13.0. The van der Waals surface area contributed by atoms with Gasteiger partial charge < -0.3 is 10.2 Å². The van der Waals surface area contributed by atoms with Gasteiger partial charge in [0, 0.05) is 28.0 Å². The fourth-order valence-corrected chi connectivity index (χ4v) is 3.70. The third-order valence-corrected chi connectivity index (χ3v) is 5.94. The Bertz CT molecular complexity index is 797. The lowest BCUT2D eigenvalue weighted by Gasteiger charge is -2.28. The van der Waals surface area contributed by atoms with E-state index in [0.29, 0.717) is 23.1 Å². The average molecular weight is 453 g/mol. The van der Waals surface area contributed by atoms with Crippen LogP contribution in [0.3, 0.4) is 0 Å². The van der Waals surface area contributed by atoms with Gasteiger partial charge in [-0.15, -0.1) is 11.8 Å². The molecule has 2 rings (SSSR count). The van der Waals surface area contributed by atoms with Crippen LogP contribution in [0.15, 0.2) is 53.4 Å². The summed E-state index contributed by atoms with van der Waals surface area (Å²) in [4.78, 5) is 28.1. The predicted octanol–water partition coefficient (Wildman–Crippen LogP) is 5.42. The highest BCUT2D eigenvalue weighted by Crippen LogP contribution is 2.22. The zero-order valence-electron chi connectivity index (χ0n) is 16.7. The van der Waals surface area contributed by atoms with Gasteiger partial charge in [0.25, 0.3) is 0 Å². The van der Waals surface area contributed by atoms with Gasteiger partial charge in [0.2, 0.25) is 11.8 Å². The van der Waals surface area contributed by atoms with Crippen molar-refractivity contribution in [2.45, 2.75) is 44.2 Å². The van der Waals surface area contributed by atoms with Crippen LogP contribution in [0.1, 0.15) is 32.3 Å². The molecule has 29 heavy (non-hydrogen) atoms. The topological polar surface area (TPSA) is 49.4 Å². The molecule has 2 aromatic carbocycles. The summed E-state index contributed by atoms with van der Waals surface area (Å²) >= 11 is 13.3. The van der Waals surface area contributed by atoms with Crippen molar-refractivity contribution in [3.63, 3.8) is 0 Å². The number of thioether (sulfide) groups is 1. The second-order valence-corrected chi connectivity index (χ2v) is 8.63. The molecule has 0 radical (unpaired) electrons. The maximum Gasteiger partial charge on any atom is 0.242 e. The Morgan fingerprint density at radius 2 is 1.62 bits per heavy atom. The fraction of sp³-hybridized carbons (Fsp3) is 0.364. The SMILES string of the molecule is CCCCNC(=O)[C@H](C)N(Cc1ccc(Cl)cc1)C(=O)CSc1ccc(Cl)cc1. The van der Waals surface area contributed by atoms with Gasteiger partial charge in [0.15, 0.2) is 0 Å². The van der Waals surface area contributed by atoms with Gasteiger partial charge in [0.05, 0.1) is 5.75 Å². The van der Waals surface area contributed by atoms with Crippen molar-refractivity contribution in [1.82, 2.24) is 10.2 Å². The molecular weight excluding hydrogens is 427 g/mol. The number of benzene rings is 2. The van der Waals surface area contributed by atoms with Gasteiger partial charge in [-0.1, -0.05) is 48.7 Å².